The highest BCUT2D eigenvalue weighted by Gasteiger charge is 2.18. The molecule has 0 aliphatic carbocycles. The van der Waals surface area contributed by atoms with Gasteiger partial charge in [-0.05, 0) is 43.1 Å². The molecular weight excluding hydrogens is 346 g/mol. The number of benzene rings is 1. The van der Waals surface area contributed by atoms with Crippen molar-refractivity contribution >= 4 is 35.0 Å². The van der Waals surface area contributed by atoms with Crippen LogP contribution in [0.25, 0.3) is 0 Å². The number of nitrogens with one attached hydrogen (secondary N) is 1. The maximum Gasteiger partial charge on any atom is 0.338 e. The number of amides is 1. The number of esters is 1. The lowest BCUT2D eigenvalue weighted by Crippen LogP contribution is -2.29. The first-order valence-corrected chi connectivity index (χ1v) is 7.81. The van der Waals surface area contributed by atoms with E-state index in [4.69, 9.17) is 22.2 Å². The van der Waals surface area contributed by atoms with Crippen LogP contribution in [-0.2, 0) is 4.74 Å². The van der Waals surface area contributed by atoms with Crippen molar-refractivity contribution in [3.05, 3.63) is 46.4 Å². The van der Waals surface area contributed by atoms with Crippen LogP contribution in [-0.4, -0.2) is 35.5 Å². The van der Waals surface area contributed by atoms with Crippen LogP contribution in [0.4, 0.5) is 11.5 Å². The number of hydrazine groups is 1. The summed E-state index contributed by atoms with van der Waals surface area (Å²) < 4.78 is 4.97. The first-order chi connectivity index (χ1) is 11.8. The molecular formula is C16H18ClN5O3. The number of rotatable bonds is 5. The van der Waals surface area contributed by atoms with Gasteiger partial charge in [0.15, 0.2) is 5.82 Å². The van der Waals surface area contributed by atoms with Crippen molar-refractivity contribution in [2.75, 3.05) is 24.0 Å². The lowest BCUT2D eigenvalue weighted by molar-refractivity contribution is 0.0526. The van der Waals surface area contributed by atoms with Gasteiger partial charge in [-0.1, -0.05) is 6.07 Å². The van der Waals surface area contributed by atoms with Crippen LogP contribution in [0.2, 0.25) is 5.28 Å². The number of aryl methyl sites for hydroxylation is 1. The minimum Gasteiger partial charge on any atom is -0.462 e. The fraction of sp³-hybridized carbons (Fsp3) is 0.250. The highest BCUT2D eigenvalue weighted by atomic mass is 35.5. The van der Waals surface area contributed by atoms with E-state index in [9.17, 15) is 9.59 Å². The van der Waals surface area contributed by atoms with Gasteiger partial charge in [0.2, 0.25) is 5.28 Å². The summed E-state index contributed by atoms with van der Waals surface area (Å²) in [7, 11) is 1.53. The van der Waals surface area contributed by atoms with Gasteiger partial charge in [0.25, 0.3) is 5.91 Å². The Kier molecular flexibility index (Phi) is 5.89. The largest absolute Gasteiger partial charge is 0.462 e. The molecule has 0 aliphatic heterocycles. The maximum atomic E-state index is 12.6. The number of hydrogen-bond acceptors (Lipinski definition) is 7. The predicted molar refractivity (Wildman–Crippen MR) is 94.7 cm³/mol. The molecule has 0 saturated heterocycles. The molecule has 2 rings (SSSR count). The zero-order chi connectivity index (χ0) is 18.6. The van der Waals surface area contributed by atoms with Gasteiger partial charge >= 0.3 is 5.97 Å². The number of carbonyl (C=O) groups excluding carboxylic acids is 2. The number of nitrogens with two attached hydrogens (primary N) is 1. The number of hydrogen-bond donors (Lipinski definition) is 2. The molecule has 0 saturated carbocycles. The summed E-state index contributed by atoms with van der Waals surface area (Å²) in [5.41, 5.74) is 1.73. The van der Waals surface area contributed by atoms with Gasteiger partial charge in [-0.2, -0.15) is 4.98 Å². The quantitative estimate of drug-likeness (QED) is 0.362. The van der Waals surface area contributed by atoms with E-state index >= 15 is 0 Å². The van der Waals surface area contributed by atoms with Gasteiger partial charge in [-0.25, -0.2) is 15.6 Å². The van der Waals surface area contributed by atoms with Gasteiger partial charge in [0.05, 0.1) is 12.2 Å². The highest BCUT2D eigenvalue weighted by molar-refractivity contribution is 6.28. The minimum atomic E-state index is -0.479. The van der Waals surface area contributed by atoms with Crippen molar-refractivity contribution in [1.29, 1.82) is 0 Å². The molecule has 0 radical (unpaired) electrons. The number of carbonyl (C=O) groups is 2. The Balaban J connectivity index is 2.32. The predicted octanol–water partition coefficient (Wildman–Crippen LogP) is 2.18. The molecule has 25 heavy (non-hydrogen) atoms. The van der Waals surface area contributed by atoms with Crippen LogP contribution in [0.3, 0.4) is 0 Å². The maximum absolute atomic E-state index is 12.6. The summed E-state index contributed by atoms with van der Waals surface area (Å²) in [5, 5.41) is 3.87. The SMILES string of the molecule is CCOC(=O)c1ccc(C)c(NC(=O)c2cnc(Cl)nc2N(C)N)c1. The number of ether oxygens (including phenoxy) is 1. The Morgan fingerprint density at radius 2 is 2.12 bits per heavy atom. The van der Waals surface area contributed by atoms with Gasteiger partial charge in [0, 0.05) is 18.9 Å². The Labute approximate surface area is 149 Å². The molecule has 0 fully saturated rings. The van der Waals surface area contributed by atoms with E-state index in [0.717, 1.165) is 5.56 Å². The van der Waals surface area contributed by atoms with Crippen LogP contribution in [0.1, 0.15) is 33.2 Å². The average Bonchev–Trinajstić information content (AvgIpc) is 2.56. The molecule has 8 nitrogen and oxygen atoms in total. The second kappa shape index (κ2) is 7.91. The number of aromatic nitrogens is 2. The summed E-state index contributed by atoms with van der Waals surface area (Å²) in [4.78, 5) is 32.2. The van der Waals surface area contributed by atoms with Crippen LogP contribution in [0.15, 0.2) is 24.4 Å². The van der Waals surface area contributed by atoms with Crippen LogP contribution in [0.5, 0.6) is 0 Å². The van der Waals surface area contributed by atoms with Crippen molar-refractivity contribution in [2.45, 2.75) is 13.8 Å². The molecule has 1 heterocycles. The average molecular weight is 364 g/mol. The van der Waals surface area contributed by atoms with E-state index in [2.05, 4.69) is 15.3 Å². The molecule has 1 aromatic heterocycles. The Morgan fingerprint density at radius 3 is 2.76 bits per heavy atom. The second-order valence-corrected chi connectivity index (χ2v) is 5.53. The molecule has 2 aromatic rings. The summed E-state index contributed by atoms with van der Waals surface area (Å²) in [6, 6.07) is 4.90. The molecule has 1 aromatic carbocycles. The van der Waals surface area contributed by atoms with Crippen LogP contribution < -0.4 is 16.2 Å². The van der Waals surface area contributed by atoms with E-state index in [0.29, 0.717) is 11.3 Å². The first-order valence-electron chi connectivity index (χ1n) is 7.43. The third-order valence-corrected chi connectivity index (χ3v) is 3.50. The third kappa shape index (κ3) is 4.43. The van der Waals surface area contributed by atoms with Gasteiger partial charge in [-0.15, -0.1) is 0 Å². The number of nitrogens with zero attached hydrogens (tertiary/aromatic N) is 3. The third-order valence-electron chi connectivity index (χ3n) is 3.31. The monoisotopic (exact) mass is 363 g/mol. The molecule has 0 aliphatic rings. The smallest absolute Gasteiger partial charge is 0.338 e. The van der Waals surface area contributed by atoms with Crippen LogP contribution >= 0.6 is 11.6 Å². The topological polar surface area (TPSA) is 110 Å². The Morgan fingerprint density at radius 1 is 1.40 bits per heavy atom. The second-order valence-electron chi connectivity index (χ2n) is 5.19. The summed E-state index contributed by atoms with van der Waals surface area (Å²) in [5.74, 6) is 4.92. The molecule has 132 valence electrons. The molecule has 1 amide bonds. The van der Waals surface area contributed by atoms with Gasteiger partial charge in [-0.3, -0.25) is 9.80 Å². The van der Waals surface area contributed by atoms with E-state index in [-0.39, 0.29) is 23.3 Å². The lowest BCUT2D eigenvalue weighted by atomic mass is 10.1. The van der Waals surface area contributed by atoms with E-state index in [1.165, 1.54) is 18.3 Å². The zero-order valence-corrected chi connectivity index (χ0v) is 14.8. The van der Waals surface area contributed by atoms with E-state index in [1.807, 2.05) is 0 Å². The highest BCUT2D eigenvalue weighted by Crippen LogP contribution is 2.21. The summed E-state index contributed by atoms with van der Waals surface area (Å²) in [6.45, 7) is 3.79. The Hall–Kier alpha value is -2.71. The fourth-order valence-corrected chi connectivity index (χ4v) is 2.20. The molecule has 0 bridgehead atoms. The van der Waals surface area contributed by atoms with Gasteiger partial charge < -0.3 is 10.1 Å². The molecule has 9 heteroatoms. The van der Waals surface area contributed by atoms with Crippen molar-refractivity contribution in [1.82, 2.24) is 9.97 Å². The van der Waals surface area contributed by atoms with Crippen molar-refractivity contribution in [3.8, 4) is 0 Å². The fourth-order valence-electron chi connectivity index (χ4n) is 2.07. The van der Waals surface area contributed by atoms with Gasteiger partial charge in [0.1, 0.15) is 5.56 Å². The van der Waals surface area contributed by atoms with Crippen LogP contribution in [0, 0.1) is 6.92 Å². The first kappa shape index (κ1) is 18.6. The zero-order valence-electron chi connectivity index (χ0n) is 14.0. The molecule has 0 unspecified atom stereocenters. The number of halogens is 1. The van der Waals surface area contributed by atoms with Crippen molar-refractivity contribution in [2.24, 2.45) is 5.84 Å². The summed E-state index contributed by atoms with van der Waals surface area (Å²) >= 11 is 5.75. The standard InChI is InChI=1S/C16H18ClN5O3/c1-4-25-15(24)10-6-5-9(2)12(7-10)20-14(23)11-8-19-16(17)21-13(11)22(3)18/h5-8H,4,18H2,1-3H3,(H,20,23). The number of anilines is 2. The minimum absolute atomic E-state index is 0.0238. The van der Waals surface area contributed by atoms with Crippen molar-refractivity contribution in [3.63, 3.8) is 0 Å². The van der Waals surface area contributed by atoms with E-state index < -0.39 is 11.9 Å². The molecule has 0 atom stereocenters. The van der Waals surface area contributed by atoms with Crippen molar-refractivity contribution < 1.29 is 14.3 Å². The summed E-state index contributed by atoms with van der Waals surface area (Å²) in [6.07, 6.45) is 1.29. The Bertz CT molecular complexity index is 810. The normalized spacial score (nSPS) is 10.3. The molecule has 3 N–H and O–H groups in total. The lowest BCUT2D eigenvalue weighted by Gasteiger charge is -2.16. The van der Waals surface area contributed by atoms with E-state index in [1.54, 1.807) is 32.0 Å². The molecule has 0 spiro atoms.